The third-order valence-corrected chi connectivity index (χ3v) is 9.00. The first-order valence-electron chi connectivity index (χ1n) is 8.09. The number of unbranched alkanes of at least 4 members (excludes halogenated alkanes) is 4. The molecule has 0 aromatic carbocycles. The summed E-state index contributed by atoms with van der Waals surface area (Å²) < 4.78 is 0. The molecular weight excluding hydrogens is 303 g/mol. The van der Waals surface area contributed by atoms with Gasteiger partial charge in [0.25, 0.3) is 0 Å². The summed E-state index contributed by atoms with van der Waals surface area (Å²) in [5, 5.41) is 0. The number of hydrogen-bond acceptors (Lipinski definition) is 0. The lowest BCUT2D eigenvalue weighted by Gasteiger charge is -2.28. The van der Waals surface area contributed by atoms with Gasteiger partial charge in [-0.3, -0.25) is 0 Å². The van der Waals surface area contributed by atoms with E-state index in [-0.39, 0.29) is 17.0 Å². The van der Waals surface area contributed by atoms with E-state index in [1.165, 1.54) is 51.4 Å². The SMILES string of the molecule is CCCC[P+](CCCC)(CCCC)CCCC.[Br-]. The van der Waals surface area contributed by atoms with E-state index in [0.717, 1.165) is 0 Å². The molecule has 0 N–H and O–H groups in total. The fourth-order valence-electron chi connectivity index (χ4n) is 2.64. The Labute approximate surface area is 128 Å². The lowest BCUT2D eigenvalue weighted by Crippen LogP contribution is -3.00. The van der Waals surface area contributed by atoms with Crippen LogP contribution in [-0.4, -0.2) is 24.6 Å². The molecule has 0 unspecified atom stereocenters. The van der Waals surface area contributed by atoms with Gasteiger partial charge in [0, 0.05) is 7.26 Å². The molecule has 0 spiro atoms. The Morgan fingerprint density at radius 3 is 0.889 bits per heavy atom. The lowest BCUT2D eigenvalue weighted by molar-refractivity contribution is -0.00000402. The molecule has 18 heavy (non-hydrogen) atoms. The Morgan fingerprint density at radius 1 is 0.500 bits per heavy atom. The molecule has 0 aliphatic heterocycles. The van der Waals surface area contributed by atoms with Gasteiger partial charge in [0.05, 0.1) is 24.6 Å². The Balaban J connectivity index is 0. The van der Waals surface area contributed by atoms with Crippen LogP contribution in [0.25, 0.3) is 0 Å². The second-order valence-electron chi connectivity index (χ2n) is 5.65. The van der Waals surface area contributed by atoms with E-state index >= 15 is 0 Å². The van der Waals surface area contributed by atoms with Crippen LogP contribution in [0.2, 0.25) is 0 Å². The highest BCUT2D eigenvalue weighted by Gasteiger charge is 2.34. The van der Waals surface area contributed by atoms with E-state index in [4.69, 9.17) is 0 Å². The van der Waals surface area contributed by atoms with E-state index in [9.17, 15) is 0 Å². The minimum atomic E-state index is -0.562. The molecular formula is C16H36BrP. The summed E-state index contributed by atoms with van der Waals surface area (Å²) >= 11 is 0. The van der Waals surface area contributed by atoms with E-state index in [0.29, 0.717) is 0 Å². The molecule has 2 heteroatoms. The van der Waals surface area contributed by atoms with E-state index < -0.39 is 7.26 Å². The van der Waals surface area contributed by atoms with Crippen LogP contribution in [0.5, 0.6) is 0 Å². The molecule has 0 aliphatic carbocycles. The fraction of sp³-hybridized carbons (Fsp3) is 1.00. The number of hydrogen-bond donors (Lipinski definition) is 0. The molecule has 0 aromatic rings. The van der Waals surface area contributed by atoms with Crippen molar-refractivity contribution in [3.63, 3.8) is 0 Å². The van der Waals surface area contributed by atoms with Crippen molar-refractivity contribution in [2.24, 2.45) is 0 Å². The maximum Gasteiger partial charge on any atom is 0.0594 e. The van der Waals surface area contributed by atoms with Crippen molar-refractivity contribution in [2.75, 3.05) is 24.6 Å². The average Bonchev–Trinajstić information content (AvgIpc) is 2.37. The number of halogens is 1. The van der Waals surface area contributed by atoms with Crippen LogP contribution in [0.1, 0.15) is 79.1 Å². The highest BCUT2D eigenvalue weighted by molar-refractivity contribution is 7.75. The summed E-state index contributed by atoms with van der Waals surface area (Å²) in [5.74, 6) is 0. The van der Waals surface area contributed by atoms with Crippen molar-refractivity contribution in [3.8, 4) is 0 Å². The summed E-state index contributed by atoms with van der Waals surface area (Å²) in [7, 11) is -0.562. The molecule has 0 atom stereocenters. The van der Waals surface area contributed by atoms with Gasteiger partial charge in [-0.1, -0.05) is 53.4 Å². The predicted molar refractivity (Wildman–Crippen MR) is 86.0 cm³/mol. The molecule has 0 aliphatic rings. The minimum Gasteiger partial charge on any atom is -1.00 e. The monoisotopic (exact) mass is 338 g/mol. The smallest absolute Gasteiger partial charge is 0.0594 e. The zero-order valence-corrected chi connectivity index (χ0v) is 15.8. The molecule has 0 nitrogen and oxygen atoms in total. The zero-order valence-electron chi connectivity index (χ0n) is 13.3. The summed E-state index contributed by atoms with van der Waals surface area (Å²) in [4.78, 5) is 0. The van der Waals surface area contributed by atoms with E-state index in [1.54, 1.807) is 24.6 Å². The van der Waals surface area contributed by atoms with Crippen LogP contribution < -0.4 is 17.0 Å². The molecule has 0 heterocycles. The van der Waals surface area contributed by atoms with Crippen LogP contribution in [0.15, 0.2) is 0 Å². The number of rotatable bonds is 12. The van der Waals surface area contributed by atoms with Gasteiger partial charge in [-0.05, 0) is 25.7 Å². The van der Waals surface area contributed by atoms with Crippen molar-refractivity contribution in [3.05, 3.63) is 0 Å². The molecule has 0 rings (SSSR count). The lowest BCUT2D eigenvalue weighted by atomic mass is 10.4. The molecule has 0 saturated heterocycles. The highest BCUT2D eigenvalue weighted by Crippen LogP contribution is 2.61. The second kappa shape index (κ2) is 14.3. The van der Waals surface area contributed by atoms with Gasteiger partial charge < -0.3 is 17.0 Å². The zero-order chi connectivity index (χ0) is 13.0. The van der Waals surface area contributed by atoms with Crippen LogP contribution in [0.3, 0.4) is 0 Å². The van der Waals surface area contributed by atoms with E-state index in [1.807, 2.05) is 0 Å². The maximum absolute atomic E-state index is 2.36. The Hall–Kier alpha value is 0.910. The van der Waals surface area contributed by atoms with Crippen molar-refractivity contribution in [1.82, 2.24) is 0 Å². The van der Waals surface area contributed by atoms with Crippen LogP contribution in [0, 0.1) is 0 Å². The van der Waals surface area contributed by atoms with Crippen LogP contribution in [-0.2, 0) is 0 Å². The van der Waals surface area contributed by atoms with Crippen molar-refractivity contribution >= 4 is 7.26 Å². The maximum atomic E-state index is 2.36. The highest BCUT2D eigenvalue weighted by atomic mass is 79.9. The Kier molecular flexibility index (Phi) is 16.9. The van der Waals surface area contributed by atoms with Crippen LogP contribution >= 0.6 is 7.26 Å². The fourth-order valence-corrected chi connectivity index (χ4v) is 7.93. The summed E-state index contributed by atoms with van der Waals surface area (Å²) in [6.07, 6.45) is 17.9. The normalized spacial score (nSPS) is 11.3. The average molecular weight is 339 g/mol. The summed E-state index contributed by atoms with van der Waals surface area (Å²) in [6, 6.07) is 0. The molecule has 0 fully saturated rings. The molecule has 0 aromatic heterocycles. The van der Waals surface area contributed by atoms with Crippen molar-refractivity contribution in [2.45, 2.75) is 79.1 Å². The first kappa shape index (κ1) is 21.2. The van der Waals surface area contributed by atoms with Gasteiger partial charge >= 0.3 is 0 Å². The molecule has 0 amide bonds. The minimum absolute atomic E-state index is 0. The van der Waals surface area contributed by atoms with Gasteiger partial charge in [0.2, 0.25) is 0 Å². The first-order chi connectivity index (χ1) is 8.24. The molecule has 112 valence electrons. The van der Waals surface area contributed by atoms with Crippen molar-refractivity contribution in [1.29, 1.82) is 0 Å². The second-order valence-corrected chi connectivity index (χ2v) is 10.1. The first-order valence-corrected chi connectivity index (χ1v) is 10.6. The third kappa shape index (κ3) is 9.79. The molecule has 0 radical (unpaired) electrons. The summed E-state index contributed by atoms with van der Waals surface area (Å²) in [6.45, 7) is 9.42. The Bertz CT molecular complexity index is 122. The van der Waals surface area contributed by atoms with Gasteiger partial charge in [-0.2, -0.15) is 0 Å². The molecule has 0 bridgehead atoms. The van der Waals surface area contributed by atoms with Gasteiger partial charge in [-0.25, -0.2) is 0 Å². The molecule has 0 saturated carbocycles. The topological polar surface area (TPSA) is 0 Å². The third-order valence-electron chi connectivity index (χ3n) is 3.94. The van der Waals surface area contributed by atoms with Gasteiger partial charge in [0.15, 0.2) is 0 Å². The van der Waals surface area contributed by atoms with Gasteiger partial charge in [0.1, 0.15) is 0 Å². The predicted octanol–water partition coefficient (Wildman–Crippen LogP) is 3.21. The quantitative estimate of drug-likeness (QED) is 0.479. The van der Waals surface area contributed by atoms with Crippen LogP contribution in [0.4, 0.5) is 0 Å². The largest absolute Gasteiger partial charge is 1.00 e. The Morgan fingerprint density at radius 2 is 0.722 bits per heavy atom. The standard InChI is InChI=1S/C16H36P.BrH/c1-5-9-13-17(14-10-6-2,15-11-7-3)16-12-8-4;/h5-16H2,1-4H3;1H/q+1;/p-1. The van der Waals surface area contributed by atoms with E-state index in [2.05, 4.69) is 27.7 Å². The van der Waals surface area contributed by atoms with Crippen molar-refractivity contribution < 1.29 is 17.0 Å². The van der Waals surface area contributed by atoms with Gasteiger partial charge in [-0.15, -0.1) is 0 Å². The summed E-state index contributed by atoms with van der Waals surface area (Å²) in [5.41, 5.74) is 0.